The van der Waals surface area contributed by atoms with Crippen LogP contribution in [0.4, 0.5) is 17.5 Å². The van der Waals surface area contributed by atoms with Crippen LogP contribution in [0.15, 0.2) is 24.4 Å². The van der Waals surface area contributed by atoms with Crippen molar-refractivity contribution in [1.29, 1.82) is 0 Å². The summed E-state index contributed by atoms with van der Waals surface area (Å²) in [5.74, 6) is 0.667. The number of rotatable bonds is 7. The third-order valence-corrected chi connectivity index (χ3v) is 5.87. The molecule has 1 aliphatic heterocycles. The fourth-order valence-corrected chi connectivity index (χ4v) is 3.65. The standard InChI is InChI=1S/C23H34N6O2/c1-14(2)15-9-16(23(3,4)31-5)11-18(10-15)27-21-19(20(25)30)12-26-22(28-21)29-8-6-7-17(24)13-29/h9-12,14,17H,6-8,13,24H2,1-5H3,(H2,25,30)(H,26,27,28). The lowest BCUT2D eigenvalue weighted by Gasteiger charge is -2.31. The summed E-state index contributed by atoms with van der Waals surface area (Å²) in [5, 5.41) is 3.31. The lowest BCUT2D eigenvalue weighted by Crippen LogP contribution is -2.43. The lowest BCUT2D eigenvalue weighted by molar-refractivity contribution is 0.0192. The second kappa shape index (κ2) is 9.20. The number of amides is 1. The molecule has 1 aliphatic rings. The molecule has 5 N–H and O–H groups in total. The summed E-state index contributed by atoms with van der Waals surface area (Å²) in [6.07, 6.45) is 3.46. The Morgan fingerprint density at radius 1 is 1.32 bits per heavy atom. The quantitative estimate of drug-likeness (QED) is 0.621. The molecule has 2 heterocycles. The van der Waals surface area contributed by atoms with Gasteiger partial charge in [0.15, 0.2) is 0 Å². The van der Waals surface area contributed by atoms with E-state index in [0.717, 1.165) is 36.2 Å². The van der Waals surface area contributed by atoms with Gasteiger partial charge in [0.1, 0.15) is 11.4 Å². The molecule has 0 aliphatic carbocycles. The molecule has 1 atom stereocenters. The van der Waals surface area contributed by atoms with Crippen LogP contribution in [-0.2, 0) is 10.3 Å². The molecule has 8 heteroatoms. The number of carbonyl (C=O) groups excluding carboxylic acids is 1. The highest BCUT2D eigenvalue weighted by molar-refractivity contribution is 5.98. The summed E-state index contributed by atoms with van der Waals surface area (Å²) in [4.78, 5) is 23.1. The maximum Gasteiger partial charge on any atom is 0.254 e. The van der Waals surface area contributed by atoms with E-state index < -0.39 is 11.5 Å². The molecule has 1 aromatic carbocycles. The smallest absolute Gasteiger partial charge is 0.254 e. The number of aromatic nitrogens is 2. The maximum atomic E-state index is 12.0. The van der Waals surface area contributed by atoms with Crippen LogP contribution in [0, 0.1) is 0 Å². The number of hydrogen-bond acceptors (Lipinski definition) is 7. The first-order valence-electron chi connectivity index (χ1n) is 10.8. The molecule has 3 rings (SSSR count). The van der Waals surface area contributed by atoms with Gasteiger partial charge >= 0.3 is 0 Å². The summed E-state index contributed by atoms with van der Waals surface area (Å²) < 4.78 is 5.69. The number of hydrogen-bond donors (Lipinski definition) is 3. The van der Waals surface area contributed by atoms with Crippen LogP contribution >= 0.6 is 0 Å². The van der Waals surface area contributed by atoms with Crippen molar-refractivity contribution in [2.75, 3.05) is 30.4 Å². The zero-order valence-corrected chi connectivity index (χ0v) is 19.1. The van der Waals surface area contributed by atoms with Crippen LogP contribution in [0.5, 0.6) is 0 Å². The van der Waals surface area contributed by atoms with Crippen LogP contribution in [0.3, 0.4) is 0 Å². The van der Waals surface area contributed by atoms with Gasteiger partial charge in [-0.05, 0) is 55.9 Å². The zero-order chi connectivity index (χ0) is 22.8. The van der Waals surface area contributed by atoms with Crippen LogP contribution in [0.2, 0.25) is 0 Å². The van der Waals surface area contributed by atoms with Crippen molar-refractivity contribution in [2.24, 2.45) is 11.5 Å². The molecule has 2 aromatic rings. The predicted molar refractivity (Wildman–Crippen MR) is 124 cm³/mol. The van der Waals surface area contributed by atoms with E-state index in [0.29, 0.717) is 24.2 Å². The number of ether oxygens (including phenoxy) is 1. The first kappa shape index (κ1) is 23.0. The Kier molecular flexibility index (Phi) is 6.81. The minimum Gasteiger partial charge on any atom is -0.374 e. The molecule has 1 aromatic heterocycles. The number of nitrogens with two attached hydrogens (primary N) is 2. The van der Waals surface area contributed by atoms with Gasteiger partial charge in [0.2, 0.25) is 5.95 Å². The van der Waals surface area contributed by atoms with Crippen molar-refractivity contribution in [3.63, 3.8) is 0 Å². The van der Waals surface area contributed by atoms with Crippen molar-refractivity contribution in [3.05, 3.63) is 41.1 Å². The summed E-state index contributed by atoms with van der Waals surface area (Å²) in [5.41, 5.74) is 14.5. The molecule has 168 valence electrons. The molecule has 1 saturated heterocycles. The molecule has 1 amide bonds. The molecule has 31 heavy (non-hydrogen) atoms. The van der Waals surface area contributed by atoms with Gasteiger partial charge in [0.25, 0.3) is 5.91 Å². The minimum atomic E-state index is -0.582. The third kappa shape index (κ3) is 5.32. The zero-order valence-electron chi connectivity index (χ0n) is 19.1. The van der Waals surface area contributed by atoms with Gasteiger partial charge in [-0.25, -0.2) is 4.98 Å². The normalized spacial score (nSPS) is 17.1. The number of piperidine rings is 1. The van der Waals surface area contributed by atoms with Crippen LogP contribution < -0.4 is 21.7 Å². The minimum absolute atomic E-state index is 0.0890. The van der Waals surface area contributed by atoms with Crippen LogP contribution in [0.1, 0.15) is 67.9 Å². The highest BCUT2D eigenvalue weighted by atomic mass is 16.5. The first-order chi connectivity index (χ1) is 14.6. The van der Waals surface area contributed by atoms with Crippen molar-refractivity contribution in [2.45, 2.75) is 58.1 Å². The molecule has 1 unspecified atom stereocenters. The number of methoxy groups -OCH3 is 1. The van der Waals surface area contributed by atoms with Gasteiger partial charge in [-0.3, -0.25) is 4.79 Å². The Labute approximate surface area is 184 Å². The van der Waals surface area contributed by atoms with E-state index >= 15 is 0 Å². The first-order valence-corrected chi connectivity index (χ1v) is 10.8. The SMILES string of the molecule is COC(C)(C)c1cc(Nc2nc(N3CCCC(N)C3)ncc2C(N)=O)cc(C(C)C)c1. The van der Waals surface area contributed by atoms with Gasteiger partial charge < -0.3 is 26.4 Å². The highest BCUT2D eigenvalue weighted by Crippen LogP contribution is 2.32. The Morgan fingerprint density at radius 2 is 2.06 bits per heavy atom. The van der Waals surface area contributed by atoms with Gasteiger partial charge in [-0.15, -0.1) is 0 Å². The summed E-state index contributed by atoms with van der Waals surface area (Å²) in [6, 6.07) is 6.31. The van der Waals surface area contributed by atoms with Crippen molar-refractivity contribution < 1.29 is 9.53 Å². The molecule has 0 spiro atoms. The predicted octanol–water partition coefficient (Wildman–Crippen LogP) is 3.25. The van der Waals surface area contributed by atoms with E-state index in [2.05, 4.69) is 41.3 Å². The number of carbonyl (C=O) groups is 1. The molecule has 1 fully saturated rings. The van der Waals surface area contributed by atoms with Crippen LogP contribution in [0.25, 0.3) is 0 Å². The monoisotopic (exact) mass is 426 g/mol. The average Bonchev–Trinajstić information content (AvgIpc) is 2.73. The largest absolute Gasteiger partial charge is 0.374 e. The lowest BCUT2D eigenvalue weighted by atomic mass is 9.92. The number of nitrogens with one attached hydrogen (secondary N) is 1. The molecule has 0 bridgehead atoms. The van der Waals surface area contributed by atoms with E-state index in [1.54, 1.807) is 7.11 Å². The van der Waals surface area contributed by atoms with E-state index in [9.17, 15) is 4.79 Å². The Morgan fingerprint density at radius 3 is 2.68 bits per heavy atom. The number of nitrogens with zero attached hydrogens (tertiary/aromatic N) is 3. The molecule has 8 nitrogen and oxygen atoms in total. The van der Waals surface area contributed by atoms with Gasteiger partial charge in [-0.2, -0.15) is 4.98 Å². The third-order valence-electron chi connectivity index (χ3n) is 5.87. The fraction of sp³-hybridized carbons (Fsp3) is 0.522. The van der Waals surface area contributed by atoms with Gasteiger partial charge in [0.05, 0.1) is 5.60 Å². The average molecular weight is 427 g/mol. The Balaban J connectivity index is 2.02. The summed E-state index contributed by atoms with van der Waals surface area (Å²) in [6.45, 7) is 9.84. The van der Waals surface area contributed by atoms with Gasteiger partial charge in [0, 0.05) is 38.1 Å². The molecular weight excluding hydrogens is 392 g/mol. The van der Waals surface area contributed by atoms with Gasteiger partial charge in [-0.1, -0.05) is 19.9 Å². The Bertz CT molecular complexity index is 944. The molecule has 0 radical (unpaired) electrons. The fourth-order valence-electron chi connectivity index (χ4n) is 3.65. The van der Waals surface area contributed by atoms with E-state index in [-0.39, 0.29) is 11.6 Å². The summed E-state index contributed by atoms with van der Waals surface area (Å²) >= 11 is 0. The van der Waals surface area contributed by atoms with Crippen molar-refractivity contribution in [1.82, 2.24) is 9.97 Å². The molecule has 0 saturated carbocycles. The molecular formula is C23H34N6O2. The number of benzene rings is 1. The van der Waals surface area contributed by atoms with Crippen molar-refractivity contribution in [3.8, 4) is 0 Å². The second-order valence-electron chi connectivity index (χ2n) is 8.98. The van der Waals surface area contributed by atoms with E-state index in [4.69, 9.17) is 16.2 Å². The summed E-state index contributed by atoms with van der Waals surface area (Å²) in [7, 11) is 1.69. The number of anilines is 3. The highest BCUT2D eigenvalue weighted by Gasteiger charge is 2.23. The van der Waals surface area contributed by atoms with E-state index in [1.807, 2.05) is 24.8 Å². The topological polar surface area (TPSA) is 119 Å². The van der Waals surface area contributed by atoms with Crippen LogP contribution in [-0.4, -0.2) is 42.1 Å². The van der Waals surface area contributed by atoms with Crippen molar-refractivity contribution >= 4 is 23.4 Å². The second-order valence-corrected chi connectivity index (χ2v) is 8.98. The maximum absolute atomic E-state index is 12.0. The number of primary amides is 1. The Hall–Kier alpha value is -2.71. The van der Waals surface area contributed by atoms with E-state index in [1.165, 1.54) is 6.20 Å².